The molecule has 0 heterocycles. The van der Waals surface area contributed by atoms with Gasteiger partial charge in [0.1, 0.15) is 5.82 Å². The van der Waals surface area contributed by atoms with Gasteiger partial charge in [-0.3, -0.25) is 0 Å². The lowest BCUT2D eigenvalue weighted by Gasteiger charge is -2.07. The number of rotatable bonds is 7. The zero-order valence-electron chi connectivity index (χ0n) is 9.31. The molecule has 16 heavy (non-hydrogen) atoms. The van der Waals surface area contributed by atoms with Crippen LogP contribution >= 0.6 is 15.9 Å². The van der Waals surface area contributed by atoms with Crippen molar-refractivity contribution in [3.05, 3.63) is 41.1 Å². The monoisotopic (exact) mass is 285 g/mol. The lowest BCUT2D eigenvalue weighted by Crippen LogP contribution is -2.03. The minimum Gasteiger partial charge on any atom is -0.383 e. The fourth-order valence-corrected chi connectivity index (χ4v) is 1.78. The number of hydrogen-bond donors (Lipinski definition) is 1. The van der Waals surface area contributed by atoms with Crippen LogP contribution in [0.4, 0.5) is 10.1 Å². The molecule has 0 spiro atoms. The molecular weight excluding hydrogens is 269 g/mol. The lowest BCUT2D eigenvalue weighted by atomic mass is 10.2. The van der Waals surface area contributed by atoms with E-state index in [1.165, 1.54) is 6.07 Å². The second-order valence-corrected chi connectivity index (χ2v) is 4.60. The van der Waals surface area contributed by atoms with Gasteiger partial charge in [0.2, 0.25) is 0 Å². The van der Waals surface area contributed by atoms with Crippen molar-refractivity contribution < 1.29 is 4.39 Å². The lowest BCUT2D eigenvalue weighted by molar-refractivity contribution is 0.627. The van der Waals surface area contributed by atoms with E-state index in [1.807, 2.05) is 12.1 Å². The van der Waals surface area contributed by atoms with Crippen molar-refractivity contribution in [3.8, 4) is 0 Å². The van der Waals surface area contributed by atoms with Crippen molar-refractivity contribution in [1.82, 2.24) is 0 Å². The van der Waals surface area contributed by atoms with Gasteiger partial charge in [-0.25, -0.2) is 4.39 Å². The van der Waals surface area contributed by atoms with Crippen LogP contribution in [-0.2, 0) is 0 Å². The largest absolute Gasteiger partial charge is 0.383 e. The molecule has 88 valence electrons. The standard InChI is InChI=1S/C13H17BrFN/c1-2-3-4-5-6-9-16-13-8-7-11(14)10-12(13)15/h2,7-8,10,16H,1,3-6,9H2. The summed E-state index contributed by atoms with van der Waals surface area (Å²) >= 11 is 3.23. The molecule has 3 heteroatoms. The molecule has 0 aliphatic rings. The Balaban J connectivity index is 2.24. The van der Waals surface area contributed by atoms with Gasteiger partial charge in [0, 0.05) is 11.0 Å². The highest BCUT2D eigenvalue weighted by Crippen LogP contribution is 2.19. The Hall–Kier alpha value is -0.830. The first-order valence-electron chi connectivity index (χ1n) is 5.54. The maximum atomic E-state index is 13.4. The van der Waals surface area contributed by atoms with E-state index >= 15 is 0 Å². The van der Waals surface area contributed by atoms with E-state index in [0.29, 0.717) is 5.69 Å². The molecule has 1 rings (SSSR count). The molecule has 0 aliphatic heterocycles. The molecule has 0 bridgehead atoms. The Bertz CT molecular complexity index is 339. The first kappa shape index (κ1) is 13.2. The zero-order chi connectivity index (χ0) is 11.8. The molecule has 1 aromatic rings. The summed E-state index contributed by atoms with van der Waals surface area (Å²) in [6, 6.07) is 5.06. The van der Waals surface area contributed by atoms with Crippen molar-refractivity contribution in [2.24, 2.45) is 0 Å². The average Bonchev–Trinajstić information content (AvgIpc) is 2.26. The van der Waals surface area contributed by atoms with E-state index in [2.05, 4.69) is 27.8 Å². The number of allylic oxidation sites excluding steroid dienone is 1. The Morgan fingerprint density at radius 1 is 1.31 bits per heavy atom. The van der Waals surface area contributed by atoms with E-state index < -0.39 is 0 Å². The Morgan fingerprint density at radius 3 is 2.81 bits per heavy atom. The second-order valence-electron chi connectivity index (χ2n) is 3.69. The summed E-state index contributed by atoms with van der Waals surface area (Å²) in [5.74, 6) is -0.208. The van der Waals surface area contributed by atoms with Crippen LogP contribution in [0.1, 0.15) is 25.7 Å². The van der Waals surface area contributed by atoms with Crippen LogP contribution in [0.2, 0.25) is 0 Å². The van der Waals surface area contributed by atoms with E-state index in [1.54, 1.807) is 6.07 Å². The van der Waals surface area contributed by atoms with Crippen LogP contribution in [0.3, 0.4) is 0 Å². The highest BCUT2D eigenvalue weighted by molar-refractivity contribution is 9.10. The van der Waals surface area contributed by atoms with Crippen LogP contribution in [0.15, 0.2) is 35.3 Å². The molecular formula is C13H17BrFN. The van der Waals surface area contributed by atoms with Crippen molar-refractivity contribution in [3.63, 3.8) is 0 Å². The van der Waals surface area contributed by atoms with Gasteiger partial charge in [0.05, 0.1) is 5.69 Å². The maximum absolute atomic E-state index is 13.4. The van der Waals surface area contributed by atoms with Crippen LogP contribution in [-0.4, -0.2) is 6.54 Å². The molecule has 0 saturated heterocycles. The normalized spacial score (nSPS) is 10.1. The SMILES string of the molecule is C=CCCCCCNc1ccc(Br)cc1F. The molecule has 0 unspecified atom stereocenters. The van der Waals surface area contributed by atoms with Crippen LogP contribution in [0, 0.1) is 5.82 Å². The van der Waals surface area contributed by atoms with Gasteiger partial charge in [-0.2, -0.15) is 0 Å². The highest BCUT2D eigenvalue weighted by atomic mass is 79.9. The van der Waals surface area contributed by atoms with Gasteiger partial charge in [-0.05, 0) is 37.5 Å². The molecule has 1 N–H and O–H groups in total. The zero-order valence-corrected chi connectivity index (χ0v) is 10.9. The van der Waals surface area contributed by atoms with E-state index in [4.69, 9.17) is 0 Å². The average molecular weight is 286 g/mol. The van der Waals surface area contributed by atoms with Crippen molar-refractivity contribution in [2.45, 2.75) is 25.7 Å². The van der Waals surface area contributed by atoms with Crippen LogP contribution in [0.5, 0.6) is 0 Å². The minimum absolute atomic E-state index is 0.208. The number of anilines is 1. The quantitative estimate of drug-likeness (QED) is 0.563. The van der Waals surface area contributed by atoms with Crippen LogP contribution in [0.25, 0.3) is 0 Å². The molecule has 0 amide bonds. The molecule has 0 radical (unpaired) electrons. The Kier molecular flexibility index (Phi) is 6.16. The number of nitrogens with one attached hydrogen (secondary N) is 1. The summed E-state index contributed by atoms with van der Waals surface area (Å²) < 4.78 is 14.1. The van der Waals surface area contributed by atoms with Gasteiger partial charge in [0.25, 0.3) is 0 Å². The fraction of sp³-hybridized carbons (Fsp3) is 0.385. The number of benzene rings is 1. The van der Waals surface area contributed by atoms with E-state index in [-0.39, 0.29) is 5.82 Å². The molecule has 0 fully saturated rings. The number of halogens is 2. The molecule has 0 aliphatic carbocycles. The summed E-state index contributed by atoms with van der Waals surface area (Å²) in [6.45, 7) is 4.49. The van der Waals surface area contributed by atoms with E-state index in [0.717, 1.165) is 36.7 Å². The topological polar surface area (TPSA) is 12.0 Å². The molecule has 0 saturated carbocycles. The third kappa shape index (κ3) is 4.79. The highest BCUT2D eigenvalue weighted by Gasteiger charge is 2.00. The van der Waals surface area contributed by atoms with Gasteiger partial charge in [-0.15, -0.1) is 6.58 Å². The van der Waals surface area contributed by atoms with Crippen molar-refractivity contribution >= 4 is 21.6 Å². The minimum atomic E-state index is -0.208. The summed E-state index contributed by atoms with van der Waals surface area (Å²) in [4.78, 5) is 0. The van der Waals surface area contributed by atoms with Crippen LogP contribution < -0.4 is 5.32 Å². The third-order valence-electron chi connectivity index (χ3n) is 2.33. The molecule has 1 aromatic carbocycles. The number of unbranched alkanes of at least 4 members (excludes halogenated alkanes) is 3. The predicted molar refractivity (Wildman–Crippen MR) is 71.3 cm³/mol. The van der Waals surface area contributed by atoms with Gasteiger partial charge in [0.15, 0.2) is 0 Å². The fourth-order valence-electron chi connectivity index (χ4n) is 1.45. The first-order valence-corrected chi connectivity index (χ1v) is 6.33. The predicted octanol–water partition coefficient (Wildman–Crippen LogP) is 4.75. The third-order valence-corrected chi connectivity index (χ3v) is 2.82. The number of hydrogen-bond acceptors (Lipinski definition) is 1. The molecule has 0 aromatic heterocycles. The van der Waals surface area contributed by atoms with Gasteiger partial charge < -0.3 is 5.32 Å². The Labute approximate surface area is 105 Å². The van der Waals surface area contributed by atoms with Crippen molar-refractivity contribution in [1.29, 1.82) is 0 Å². The van der Waals surface area contributed by atoms with Gasteiger partial charge >= 0.3 is 0 Å². The first-order chi connectivity index (χ1) is 7.74. The summed E-state index contributed by atoms with van der Waals surface area (Å²) in [6.07, 6.45) is 6.36. The Morgan fingerprint density at radius 2 is 2.12 bits per heavy atom. The van der Waals surface area contributed by atoms with Crippen molar-refractivity contribution in [2.75, 3.05) is 11.9 Å². The summed E-state index contributed by atoms with van der Waals surface area (Å²) in [5, 5.41) is 3.10. The second kappa shape index (κ2) is 7.44. The molecule has 1 nitrogen and oxygen atoms in total. The summed E-state index contributed by atoms with van der Waals surface area (Å²) in [5.41, 5.74) is 0.576. The summed E-state index contributed by atoms with van der Waals surface area (Å²) in [7, 11) is 0. The van der Waals surface area contributed by atoms with Gasteiger partial charge in [-0.1, -0.05) is 28.4 Å². The maximum Gasteiger partial charge on any atom is 0.147 e. The molecule has 0 atom stereocenters. The smallest absolute Gasteiger partial charge is 0.147 e. The van der Waals surface area contributed by atoms with E-state index in [9.17, 15) is 4.39 Å².